The molecule has 1 aliphatic rings. The Morgan fingerprint density at radius 3 is 2.19 bits per heavy atom. The second kappa shape index (κ2) is 11.7. The van der Waals surface area contributed by atoms with Gasteiger partial charge in [0.1, 0.15) is 0 Å². The van der Waals surface area contributed by atoms with Gasteiger partial charge in [0.15, 0.2) is 5.78 Å². The molecule has 0 saturated heterocycles. The van der Waals surface area contributed by atoms with Crippen molar-refractivity contribution < 1.29 is 4.79 Å². The topological polar surface area (TPSA) is 57.1 Å². The minimum Gasteiger partial charge on any atom is -0.345 e. The van der Waals surface area contributed by atoms with Gasteiger partial charge >= 0.3 is 0 Å². The number of carbonyl (C=O) groups is 1. The zero-order valence-electron chi connectivity index (χ0n) is 20.7. The average molecular weight is 521 g/mol. The van der Waals surface area contributed by atoms with Gasteiger partial charge in [0, 0.05) is 16.0 Å². The van der Waals surface area contributed by atoms with Crippen LogP contribution in [0.2, 0.25) is 10.0 Å². The SMILES string of the molecule is CC(=O)C(N/C(=N\Cc1ccc(Cl)cc1)N1CC(c2ccccc2)C(c2ccc(Cl)cc2)=N1)C(C)C. The van der Waals surface area contributed by atoms with Crippen molar-refractivity contribution in [3.05, 3.63) is 106 Å². The van der Waals surface area contributed by atoms with Crippen LogP contribution in [0.25, 0.3) is 0 Å². The van der Waals surface area contributed by atoms with Gasteiger partial charge in [-0.2, -0.15) is 5.10 Å². The number of guanidine groups is 1. The second-order valence-electron chi connectivity index (χ2n) is 9.28. The molecule has 3 aromatic rings. The van der Waals surface area contributed by atoms with Gasteiger partial charge in [-0.15, -0.1) is 0 Å². The first kappa shape index (κ1) is 25.9. The number of ketones is 1. The van der Waals surface area contributed by atoms with E-state index in [0.717, 1.165) is 22.4 Å². The van der Waals surface area contributed by atoms with E-state index in [-0.39, 0.29) is 23.7 Å². The third-order valence-corrected chi connectivity index (χ3v) is 6.72. The Kier molecular flexibility index (Phi) is 8.44. The van der Waals surface area contributed by atoms with Crippen molar-refractivity contribution in [1.29, 1.82) is 0 Å². The van der Waals surface area contributed by atoms with Crippen LogP contribution < -0.4 is 5.32 Å². The Morgan fingerprint density at radius 2 is 1.61 bits per heavy atom. The quantitative estimate of drug-likeness (QED) is 0.283. The Bertz CT molecular complexity index is 1240. The number of nitrogens with zero attached hydrogens (tertiary/aromatic N) is 3. The van der Waals surface area contributed by atoms with E-state index >= 15 is 0 Å². The van der Waals surface area contributed by atoms with Crippen LogP contribution in [0.15, 0.2) is 89.0 Å². The van der Waals surface area contributed by atoms with Gasteiger partial charge < -0.3 is 5.32 Å². The van der Waals surface area contributed by atoms with Gasteiger partial charge in [0.2, 0.25) is 5.96 Å². The largest absolute Gasteiger partial charge is 0.345 e. The highest BCUT2D eigenvalue weighted by atomic mass is 35.5. The van der Waals surface area contributed by atoms with Crippen LogP contribution in [0, 0.1) is 5.92 Å². The van der Waals surface area contributed by atoms with Crippen molar-refractivity contribution in [1.82, 2.24) is 10.3 Å². The number of halogens is 2. The summed E-state index contributed by atoms with van der Waals surface area (Å²) in [5, 5.41) is 11.7. The molecule has 0 aliphatic carbocycles. The van der Waals surface area contributed by atoms with Crippen LogP contribution in [0.3, 0.4) is 0 Å². The van der Waals surface area contributed by atoms with Gasteiger partial charge in [-0.1, -0.05) is 91.6 Å². The predicted molar refractivity (Wildman–Crippen MR) is 149 cm³/mol. The molecule has 2 atom stereocenters. The molecule has 186 valence electrons. The maximum atomic E-state index is 12.5. The van der Waals surface area contributed by atoms with E-state index in [9.17, 15) is 4.79 Å². The molecule has 1 N–H and O–H groups in total. The minimum absolute atomic E-state index is 0.0322. The van der Waals surface area contributed by atoms with E-state index in [2.05, 4.69) is 17.4 Å². The average Bonchev–Trinajstić information content (AvgIpc) is 3.31. The Labute approximate surface area is 222 Å². The maximum absolute atomic E-state index is 12.5. The third-order valence-electron chi connectivity index (χ3n) is 6.21. The summed E-state index contributed by atoms with van der Waals surface area (Å²) >= 11 is 12.2. The van der Waals surface area contributed by atoms with E-state index in [1.165, 1.54) is 0 Å². The van der Waals surface area contributed by atoms with Crippen molar-refractivity contribution >= 4 is 40.7 Å². The monoisotopic (exact) mass is 520 g/mol. The highest BCUT2D eigenvalue weighted by Crippen LogP contribution is 2.29. The molecule has 4 rings (SSSR count). The van der Waals surface area contributed by atoms with E-state index in [4.69, 9.17) is 33.3 Å². The van der Waals surface area contributed by atoms with Crippen molar-refractivity contribution in [3.63, 3.8) is 0 Å². The van der Waals surface area contributed by atoms with Crippen LogP contribution in [0.4, 0.5) is 0 Å². The number of hydrogen-bond acceptors (Lipinski definition) is 3. The number of hydrazone groups is 1. The fourth-order valence-electron chi connectivity index (χ4n) is 4.30. The van der Waals surface area contributed by atoms with Crippen molar-refractivity contribution in [3.8, 4) is 0 Å². The molecule has 0 radical (unpaired) electrons. The van der Waals surface area contributed by atoms with E-state index in [1.807, 2.05) is 85.6 Å². The molecule has 0 saturated carbocycles. The number of hydrogen-bond donors (Lipinski definition) is 1. The highest BCUT2D eigenvalue weighted by Gasteiger charge is 2.33. The van der Waals surface area contributed by atoms with Crippen LogP contribution in [0.5, 0.6) is 0 Å². The molecule has 0 amide bonds. The zero-order valence-corrected chi connectivity index (χ0v) is 22.2. The lowest BCUT2D eigenvalue weighted by Crippen LogP contribution is -2.49. The normalized spacial score (nSPS) is 16.7. The van der Waals surface area contributed by atoms with Gasteiger partial charge in [-0.25, -0.2) is 10.0 Å². The molecule has 0 fully saturated rings. The minimum atomic E-state index is -0.376. The molecular formula is C29H30Cl2N4O. The fourth-order valence-corrected chi connectivity index (χ4v) is 4.55. The smallest absolute Gasteiger partial charge is 0.215 e. The number of aliphatic imine (C=N–C) groups is 1. The van der Waals surface area contributed by atoms with Crippen LogP contribution in [0.1, 0.15) is 43.4 Å². The van der Waals surface area contributed by atoms with Crippen molar-refractivity contribution in [2.24, 2.45) is 16.0 Å². The van der Waals surface area contributed by atoms with Gasteiger partial charge in [-0.05, 0) is 53.8 Å². The number of benzene rings is 3. The lowest BCUT2D eigenvalue weighted by atomic mass is 9.91. The molecule has 1 aliphatic heterocycles. The maximum Gasteiger partial charge on any atom is 0.215 e. The Balaban J connectivity index is 1.72. The molecule has 7 heteroatoms. The lowest BCUT2D eigenvalue weighted by molar-refractivity contribution is -0.119. The fraction of sp³-hybridized carbons (Fsp3) is 0.276. The number of carbonyl (C=O) groups excluding carboxylic acids is 1. The van der Waals surface area contributed by atoms with Gasteiger partial charge in [0.25, 0.3) is 0 Å². The van der Waals surface area contributed by atoms with E-state index < -0.39 is 0 Å². The predicted octanol–water partition coefficient (Wildman–Crippen LogP) is 6.56. The molecule has 0 aromatic heterocycles. The van der Waals surface area contributed by atoms with Crippen LogP contribution >= 0.6 is 23.2 Å². The first-order valence-electron chi connectivity index (χ1n) is 12.0. The molecule has 3 aromatic carbocycles. The number of nitrogens with one attached hydrogen (secondary N) is 1. The Morgan fingerprint density at radius 1 is 1.00 bits per heavy atom. The summed E-state index contributed by atoms with van der Waals surface area (Å²) in [4.78, 5) is 17.3. The zero-order chi connectivity index (χ0) is 25.7. The molecular weight excluding hydrogens is 491 g/mol. The summed E-state index contributed by atoms with van der Waals surface area (Å²) in [6, 6.07) is 25.3. The molecule has 1 heterocycles. The van der Waals surface area contributed by atoms with E-state index in [0.29, 0.717) is 29.1 Å². The van der Waals surface area contributed by atoms with Gasteiger partial charge in [0.05, 0.1) is 24.8 Å². The van der Waals surface area contributed by atoms with E-state index in [1.54, 1.807) is 6.92 Å². The van der Waals surface area contributed by atoms with Crippen molar-refractivity contribution in [2.45, 2.75) is 39.3 Å². The van der Waals surface area contributed by atoms with Crippen molar-refractivity contribution in [2.75, 3.05) is 6.54 Å². The molecule has 0 spiro atoms. The summed E-state index contributed by atoms with van der Waals surface area (Å²) in [7, 11) is 0. The Hall–Kier alpha value is -3.15. The number of rotatable bonds is 7. The van der Waals surface area contributed by atoms with Crippen LogP contribution in [-0.2, 0) is 11.3 Å². The van der Waals surface area contributed by atoms with Gasteiger partial charge in [-0.3, -0.25) is 4.79 Å². The number of Topliss-reactive ketones (excluding diaryl/α,β-unsaturated/α-hetero) is 1. The highest BCUT2D eigenvalue weighted by molar-refractivity contribution is 6.31. The molecule has 2 unspecified atom stereocenters. The first-order valence-corrected chi connectivity index (χ1v) is 12.8. The summed E-state index contributed by atoms with van der Waals surface area (Å²) < 4.78 is 0. The standard InChI is InChI=1S/C29H30Cl2N4O/c1-19(2)27(20(3)36)33-29(32-17-21-9-13-24(30)14-10-21)35-18-26(22-7-5-4-6-8-22)28(34-35)23-11-15-25(31)16-12-23/h4-16,19,26-27H,17-18H2,1-3H3,(H,32,33). The molecule has 36 heavy (non-hydrogen) atoms. The summed E-state index contributed by atoms with van der Waals surface area (Å²) in [6.45, 7) is 6.68. The summed E-state index contributed by atoms with van der Waals surface area (Å²) in [5.41, 5.74) is 4.11. The third kappa shape index (κ3) is 6.34. The second-order valence-corrected chi connectivity index (χ2v) is 10.2. The molecule has 5 nitrogen and oxygen atoms in total. The summed E-state index contributed by atoms with van der Waals surface area (Å²) in [5.74, 6) is 0.758. The first-order chi connectivity index (χ1) is 17.3. The lowest BCUT2D eigenvalue weighted by Gasteiger charge is -2.26. The molecule has 0 bridgehead atoms. The summed E-state index contributed by atoms with van der Waals surface area (Å²) in [6.07, 6.45) is 0. The van der Waals surface area contributed by atoms with Crippen LogP contribution in [-0.4, -0.2) is 35.0 Å².